The summed E-state index contributed by atoms with van der Waals surface area (Å²) < 4.78 is 0. The Morgan fingerprint density at radius 2 is 2.15 bits per heavy atom. The molecular weight excluding hydrogens is 268 g/mol. The average molecular weight is 296 g/mol. The van der Waals surface area contributed by atoms with Crippen molar-refractivity contribution in [2.75, 3.05) is 18.9 Å². The van der Waals surface area contributed by atoms with Gasteiger partial charge in [-0.3, -0.25) is 4.98 Å². The van der Waals surface area contributed by atoms with Crippen LogP contribution in [-0.4, -0.2) is 35.0 Å². The summed E-state index contributed by atoms with van der Waals surface area (Å²) in [5, 5.41) is 13.2. The third-order valence-electron chi connectivity index (χ3n) is 3.40. The molecule has 0 aliphatic rings. The van der Waals surface area contributed by atoms with E-state index in [0.717, 1.165) is 18.0 Å². The van der Waals surface area contributed by atoms with E-state index >= 15 is 0 Å². The number of nitrogens with one attached hydrogen (secondary N) is 1. The molecule has 1 aromatic rings. The predicted molar refractivity (Wildman–Crippen MR) is 88.1 cm³/mol. The molecular formula is C16H28N2OS. The normalized spacial score (nSPS) is 14.4. The van der Waals surface area contributed by atoms with E-state index in [1.807, 2.05) is 30.1 Å². The Morgan fingerprint density at radius 3 is 2.70 bits per heavy atom. The van der Waals surface area contributed by atoms with Crippen LogP contribution in [0.3, 0.4) is 0 Å². The summed E-state index contributed by atoms with van der Waals surface area (Å²) in [6.45, 7) is 7.53. The molecule has 0 aromatic carbocycles. The summed E-state index contributed by atoms with van der Waals surface area (Å²) in [5.74, 6) is 1.59. The van der Waals surface area contributed by atoms with Crippen molar-refractivity contribution in [1.29, 1.82) is 0 Å². The van der Waals surface area contributed by atoms with Gasteiger partial charge in [0.1, 0.15) is 0 Å². The number of rotatable bonds is 10. The molecule has 0 fully saturated rings. The number of nitrogens with zero attached hydrogens (tertiary/aromatic N) is 1. The average Bonchev–Trinajstić information content (AvgIpc) is 2.46. The molecule has 0 amide bonds. The van der Waals surface area contributed by atoms with Gasteiger partial charge in [-0.2, -0.15) is 11.8 Å². The van der Waals surface area contributed by atoms with Crippen LogP contribution in [0.25, 0.3) is 0 Å². The Hall–Kier alpha value is -0.580. The molecule has 0 saturated carbocycles. The van der Waals surface area contributed by atoms with Crippen molar-refractivity contribution in [2.45, 2.75) is 44.9 Å². The first-order valence-corrected chi connectivity index (χ1v) is 8.60. The SMILES string of the molecule is CCCCS[C@H](CN[C@H](CO)C(C)C)c1ccccn1. The molecule has 0 aliphatic heterocycles. The molecule has 0 saturated heterocycles. The van der Waals surface area contributed by atoms with E-state index in [-0.39, 0.29) is 12.6 Å². The van der Waals surface area contributed by atoms with Crippen LogP contribution >= 0.6 is 11.8 Å². The molecule has 0 unspecified atom stereocenters. The summed E-state index contributed by atoms with van der Waals surface area (Å²) in [6.07, 6.45) is 4.32. The Morgan fingerprint density at radius 1 is 1.35 bits per heavy atom. The van der Waals surface area contributed by atoms with Gasteiger partial charge in [0, 0.05) is 18.8 Å². The largest absolute Gasteiger partial charge is 0.395 e. The summed E-state index contributed by atoms with van der Waals surface area (Å²) in [5.41, 5.74) is 1.13. The van der Waals surface area contributed by atoms with Gasteiger partial charge in [-0.1, -0.05) is 33.3 Å². The summed E-state index contributed by atoms with van der Waals surface area (Å²) in [7, 11) is 0. The van der Waals surface area contributed by atoms with Gasteiger partial charge in [-0.05, 0) is 30.2 Å². The number of aliphatic hydroxyl groups excluding tert-OH is 1. The number of thioether (sulfide) groups is 1. The lowest BCUT2D eigenvalue weighted by Gasteiger charge is -2.24. The number of pyridine rings is 1. The van der Waals surface area contributed by atoms with Crippen molar-refractivity contribution < 1.29 is 5.11 Å². The molecule has 0 spiro atoms. The summed E-state index contributed by atoms with van der Waals surface area (Å²) in [6, 6.07) is 6.25. The predicted octanol–water partition coefficient (Wildman–Crippen LogP) is 3.26. The van der Waals surface area contributed by atoms with Gasteiger partial charge in [0.25, 0.3) is 0 Å². The van der Waals surface area contributed by atoms with Gasteiger partial charge in [-0.15, -0.1) is 0 Å². The van der Waals surface area contributed by atoms with Crippen molar-refractivity contribution in [3.63, 3.8) is 0 Å². The molecule has 1 heterocycles. The summed E-state index contributed by atoms with van der Waals surface area (Å²) in [4.78, 5) is 4.48. The van der Waals surface area contributed by atoms with E-state index < -0.39 is 0 Å². The van der Waals surface area contributed by atoms with E-state index in [4.69, 9.17) is 0 Å². The fraction of sp³-hybridized carbons (Fsp3) is 0.688. The first-order chi connectivity index (χ1) is 9.69. The van der Waals surface area contributed by atoms with Crippen LogP contribution in [0.5, 0.6) is 0 Å². The molecule has 2 N–H and O–H groups in total. The highest BCUT2D eigenvalue weighted by Gasteiger charge is 2.17. The Kier molecular flexibility index (Phi) is 8.90. The second-order valence-electron chi connectivity index (χ2n) is 5.41. The number of aliphatic hydroxyl groups is 1. The van der Waals surface area contributed by atoms with E-state index in [0.29, 0.717) is 11.2 Å². The van der Waals surface area contributed by atoms with Crippen LogP contribution in [0.2, 0.25) is 0 Å². The minimum Gasteiger partial charge on any atom is -0.395 e. The minimum absolute atomic E-state index is 0.160. The maximum Gasteiger partial charge on any atom is 0.0594 e. The highest BCUT2D eigenvalue weighted by atomic mass is 32.2. The van der Waals surface area contributed by atoms with E-state index in [1.54, 1.807) is 0 Å². The second kappa shape index (κ2) is 10.2. The van der Waals surface area contributed by atoms with Gasteiger partial charge in [-0.25, -0.2) is 0 Å². The van der Waals surface area contributed by atoms with Gasteiger partial charge in [0.15, 0.2) is 0 Å². The Balaban J connectivity index is 2.58. The third-order valence-corrected chi connectivity index (χ3v) is 4.74. The van der Waals surface area contributed by atoms with Crippen LogP contribution in [0, 0.1) is 5.92 Å². The van der Waals surface area contributed by atoms with Crippen LogP contribution in [-0.2, 0) is 0 Å². The van der Waals surface area contributed by atoms with Crippen LogP contribution < -0.4 is 5.32 Å². The van der Waals surface area contributed by atoms with E-state index in [2.05, 4.69) is 37.1 Å². The van der Waals surface area contributed by atoms with Crippen molar-refractivity contribution in [3.05, 3.63) is 30.1 Å². The van der Waals surface area contributed by atoms with Crippen LogP contribution in [0.1, 0.15) is 44.6 Å². The zero-order valence-corrected chi connectivity index (χ0v) is 13.7. The molecule has 1 aromatic heterocycles. The Bertz CT molecular complexity index is 346. The number of hydrogen-bond acceptors (Lipinski definition) is 4. The third kappa shape index (κ3) is 6.25. The number of aromatic nitrogens is 1. The van der Waals surface area contributed by atoms with Gasteiger partial charge in [0.05, 0.1) is 17.6 Å². The van der Waals surface area contributed by atoms with Crippen molar-refractivity contribution in [2.24, 2.45) is 5.92 Å². The molecule has 3 nitrogen and oxygen atoms in total. The zero-order valence-electron chi connectivity index (χ0n) is 12.9. The van der Waals surface area contributed by atoms with Crippen LogP contribution in [0.15, 0.2) is 24.4 Å². The molecule has 0 radical (unpaired) electrons. The smallest absolute Gasteiger partial charge is 0.0594 e. The first kappa shape index (κ1) is 17.5. The van der Waals surface area contributed by atoms with E-state index in [9.17, 15) is 5.11 Å². The van der Waals surface area contributed by atoms with Gasteiger partial charge < -0.3 is 10.4 Å². The number of hydrogen-bond donors (Lipinski definition) is 2. The molecule has 2 atom stereocenters. The standard InChI is InChI=1S/C16H28N2OS/c1-4-5-10-20-16(14-8-6-7-9-17-14)11-18-15(12-19)13(2)3/h6-9,13,15-16,18-19H,4-5,10-12H2,1-3H3/t15-,16-/m1/s1. The molecule has 114 valence electrons. The quantitative estimate of drug-likeness (QED) is 0.651. The molecule has 4 heteroatoms. The Labute approximate surface area is 127 Å². The lowest BCUT2D eigenvalue weighted by molar-refractivity contribution is 0.211. The molecule has 20 heavy (non-hydrogen) atoms. The fourth-order valence-corrected chi connectivity index (χ4v) is 3.22. The van der Waals surface area contributed by atoms with E-state index in [1.165, 1.54) is 12.8 Å². The summed E-state index contributed by atoms with van der Waals surface area (Å²) >= 11 is 1.96. The fourth-order valence-electron chi connectivity index (χ4n) is 1.95. The van der Waals surface area contributed by atoms with Crippen molar-refractivity contribution in [1.82, 2.24) is 10.3 Å². The second-order valence-corrected chi connectivity index (χ2v) is 6.72. The van der Waals surface area contributed by atoms with Crippen molar-refractivity contribution in [3.8, 4) is 0 Å². The van der Waals surface area contributed by atoms with Crippen LogP contribution in [0.4, 0.5) is 0 Å². The monoisotopic (exact) mass is 296 g/mol. The first-order valence-electron chi connectivity index (χ1n) is 7.55. The molecule has 1 rings (SSSR count). The maximum atomic E-state index is 9.41. The molecule has 0 bridgehead atoms. The van der Waals surface area contributed by atoms with Gasteiger partial charge in [0.2, 0.25) is 0 Å². The lowest BCUT2D eigenvalue weighted by atomic mass is 10.1. The maximum absolute atomic E-state index is 9.41. The van der Waals surface area contributed by atoms with Crippen molar-refractivity contribution >= 4 is 11.8 Å². The molecule has 0 aliphatic carbocycles. The highest BCUT2D eigenvalue weighted by molar-refractivity contribution is 7.99. The number of unbranched alkanes of at least 4 members (excludes halogenated alkanes) is 1. The zero-order chi connectivity index (χ0) is 14.8. The lowest BCUT2D eigenvalue weighted by Crippen LogP contribution is -2.39. The van der Waals surface area contributed by atoms with Gasteiger partial charge >= 0.3 is 0 Å². The topological polar surface area (TPSA) is 45.1 Å². The highest BCUT2D eigenvalue weighted by Crippen LogP contribution is 2.27. The minimum atomic E-state index is 0.160.